The molecular weight excluding hydrogens is 240 g/mol. The molecule has 1 atom stereocenters. The number of para-hydroxylation sites is 1. The largest absolute Gasteiger partial charge is 0.507 e. The summed E-state index contributed by atoms with van der Waals surface area (Å²) in [4.78, 5) is 0. The molecule has 0 saturated heterocycles. The monoisotopic (exact) mass is 253 g/mol. The van der Waals surface area contributed by atoms with E-state index in [0.717, 1.165) is 0 Å². The van der Waals surface area contributed by atoms with E-state index in [2.05, 4.69) is 0 Å². The van der Waals surface area contributed by atoms with Gasteiger partial charge in [0.25, 0.3) is 5.92 Å². The van der Waals surface area contributed by atoms with Crippen molar-refractivity contribution in [2.75, 3.05) is 6.61 Å². The Kier molecular flexibility index (Phi) is 5.12. The van der Waals surface area contributed by atoms with E-state index in [1.54, 1.807) is 13.0 Å². The molecule has 0 bridgehead atoms. The van der Waals surface area contributed by atoms with Crippen molar-refractivity contribution >= 4 is 12.4 Å². The van der Waals surface area contributed by atoms with Crippen LogP contribution in [-0.4, -0.2) is 22.7 Å². The Morgan fingerprint density at radius 3 is 2.50 bits per heavy atom. The van der Waals surface area contributed by atoms with Gasteiger partial charge in [0.2, 0.25) is 0 Å². The Hall–Kier alpha value is -0.910. The third-order valence-corrected chi connectivity index (χ3v) is 2.27. The molecule has 1 aromatic rings. The number of alkyl halides is 2. The number of aryl methyl sites for hydroxylation is 1. The minimum absolute atomic E-state index is 0. The minimum atomic E-state index is -3.44. The second-order valence-corrected chi connectivity index (χ2v) is 3.41. The fraction of sp³-hybridized carbons (Fsp3) is 0.400. The summed E-state index contributed by atoms with van der Waals surface area (Å²) in [5.74, 6) is -3.69. The molecule has 0 fully saturated rings. The van der Waals surface area contributed by atoms with Gasteiger partial charge >= 0.3 is 0 Å². The zero-order chi connectivity index (χ0) is 11.6. The van der Waals surface area contributed by atoms with Crippen molar-refractivity contribution in [3.05, 3.63) is 29.3 Å². The molecule has 0 amide bonds. The predicted molar refractivity (Wildman–Crippen MR) is 59.1 cm³/mol. The van der Waals surface area contributed by atoms with E-state index >= 15 is 0 Å². The summed E-state index contributed by atoms with van der Waals surface area (Å²) in [6.07, 6.45) is 0. The van der Waals surface area contributed by atoms with Gasteiger partial charge in [0.1, 0.15) is 18.4 Å². The Morgan fingerprint density at radius 1 is 1.44 bits per heavy atom. The zero-order valence-electron chi connectivity index (χ0n) is 8.65. The van der Waals surface area contributed by atoms with Gasteiger partial charge in [0.05, 0.1) is 0 Å². The molecule has 1 rings (SSSR count). The fourth-order valence-electron chi connectivity index (χ4n) is 1.26. The highest BCUT2D eigenvalue weighted by atomic mass is 35.5. The zero-order valence-corrected chi connectivity index (χ0v) is 9.47. The lowest BCUT2D eigenvalue weighted by Crippen LogP contribution is -2.36. The number of hydrogen-bond acceptors (Lipinski definition) is 3. The van der Waals surface area contributed by atoms with Crippen LogP contribution < -0.4 is 5.73 Å². The number of halogens is 3. The first-order valence-corrected chi connectivity index (χ1v) is 4.43. The van der Waals surface area contributed by atoms with Gasteiger partial charge in [-0.15, -0.1) is 12.4 Å². The van der Waals surface area contributed by atoms with Crippen LogP contribution in [0.2, 0.25) is 0 Å². The lowest BCUT2D eigenvalue weighted by Gasteiger charge is -2.22. The molecule has 6 heteroatoms. The number of benzene rings is 1. The van der Waals surface area contributed by atoms with Crippen LogP contribution in [-0.2, 0) is 0 Å². The first-order chi connectivity index (χ1) is 6.90. The number of nitrogens with two attached hydrogens (primary N) is 1. The van der Waals surface area contributed by atoms with Gasteiger partial charge in [0.15, 0.2) is 0 Å². The smallest absolute Gasteiger partial charge is 0.289 e. The summed E-state index contributed by atoms with van der Waals surface area (Å²) < 4.78 is 26.1. The van der Waals surface area contributed by atoms with Crippen LogP contribution in [0, 0.1) is 6.92 Å². The standard InChI is InChI=1S/C10H13F2NO2.ClH/c1-6-3-2-4-7(8(6)15)9(13)10(11,12)5-14;/h2-4,9,14-15H,5,13H2,1H3;1H/t9-;/m1./s1. The Morgan fingerprint density at radius 2 is 2.00 bits per heavy atom. The van der Waals surface area contributed by atoms with Crippen LogP contribution in [0.5, 0.6) is 5.75 Å². The van der Waals surface area contributed by atoms with Crippen molar-refractivity contribution < 1.29 is 19.0 Å². The van der Waals surface area contributed by atoms with Gasteiger partial charge in [-0.2, -0.15) is 0 Å². The van der Waals surface area contributed by atoms with Crippen LogP contribution in [0.4, 0.5) is 8.78 Å². The summed E-state index contributed by atoms with van der Waals surface area (Å²) in [5, 5.41) is 18.0. The fourth-order valence-corrected chi connectivity index (χ4v) is 1.26. The lowest BCUT2D eigenvalue weighted by molar-refractivity contribution is -0.0716. The topological polar surface area (TPSA) is 66.5 Å². The van der Waals surface area contributed by atoms with E-state index in [0.29, 0.717) is 5.56 Å². The quantitative estimate of drug-likeness (QED) is 0.769. The van der Waals surface area contributed by atoms with Gasteiger partial charge in [-0.1, -0.05) is 18.2 Å². The van der Waals surface area contributed by atoms with Crippen LogP contribution in [0.1, 0.15) is 17.2 Å². The third-order valence-electron chi connectivity index (χ3n) is 2.27. The predicted octanol–water partition coefficient (Wildman–Crippen LogP) is 1.75. The molecule has 0 aromatic heterocycles. The number of rotatable bonds is 3. The van der Waals surface area contributed by atoms with Crippen LogP contribution >= 0.6 is 12.4 Å². The summed E-state index contributed by atoms with van der Waals surface area (Å²) in [6, 6.07) is 2.72. The van der Waals surface area contributed by atoms with Gasteiger partial charge in [0, 0.05) is 5.56 Å². The molecule has 0 heterocycles. The normalized spacial score (nSPS) is 13.1. The number of hydrogen-bond donors (Lipinski definition) is 3. The van der Waals surface area contributed by atoms with Crippen LogP contribution in [0.25, 0.3) is 0 Å². The Labute approximate surface area is 98.3 Å². The molecule has 1 aromatic carbocycles. The number of phenolic OH excluding ortho intramolecular Hbond substituents is 1. The van der Waals surface area contributed by atoms with Gasteiger partial charge in [-0.3, -0.25) is 0 Å². The van der Waals surface area contributed by atoms with E-state index in [-0.39, 0.29) is 23.7 Å². The lowest BCUT2D eigenvalue weighted by atomic mass is 9.99. The van der Waals surface area contributed by atoms with Crippen LogP contribution in [0.15, 0.2) is 18.2 Å². The summed E-state index contributed by atoms with van der Waals surface area (Å²) in [5.41, 5.74) is 5.69. The van der Waals surface area contributed by atoms with Crippen molar-refractivity contribution in [1.82, 2.24) is 0 Å². The van der Waals surface area contributed by atoms with Crippen molar-refractivity contribution in [2.45, 2.75) is 18.9 Å². The van der Waals surface area contributed by atoms with E-state index in [1.807, 2.05) is 0 Å². The van der Waals surface area contributed by atoms with Crippen molar-refractivity contribution in [2.24, 2.45) is 5.73 Å². The molecule has 0 aliphatic rings. The molecule has 16 heavy (non-hydrogen) atoms. The molecule has 0 saturated carbocycles. The highest BCUT2D eigenvalue weighted by molar-refractivity contribution is 5.85. The second-order valence-electron chi connectivity index (χ2n) is 3.41. The second kappa shape index (κ2) is 5.43. The molecule has 0 spiro atoms. The molecule has 4 N–H and O–H groups in total. The maximum absolute atomic E-state index is 13.1. The Balaban J connectivity index is 0.00000225. The van der Waals surface area contributed by atoms with E-state index in [4.69, 9.17) is 10.8 Å². The summed E-state index contributed by atoms with van der Waals surface area (Å²) in [7, 11) is 0. The number of phenols is 1. The molecular formula is C10H14ClF2NO2. The average Bonchev–Trinajstić information content (AvgIpc) is 2.21. The maximum Gasteiger partial charge on any atom is 0.289 e. The SMILES string of the molecule is Cc1cccc([C@@H](N)C(F)(F)CO)c1O.Cl. The Bertz CT molecular complexity index is 361. The van der Waals surface area contributed by atoms with Crippen molar-refractivity contribution in [1.29, 1.82) is 0 Å². The molecule has 0 aliphatic heterocycles. The van der Waals surface area contributed by atoms with Gasteiger partial charge < -0.3 is 15.9 Å². The van der Waals surface area contributed by atoms with Gasteiger partial charge in [-0.25, -0.2) is 8.78 Å². The molecule has 0 aliphatic carbocycles. The van der Waals surface area contributed by atoms with Gasteiger partial charge in [-0.05, 0) is 12.5 Å². The number of aliphatic hydroxyl groups is 1. The summed E-state index contributed by atoms with van der Waals surface area (Å²) in [6.45, 7) is 0.240. The highest BCUT2D eigenvalue weighted by Crippen LogP contribution is 2.34. The summed E-state index contributed by atoms with van der Waals surface area (Å²) >= 11 is 0. The first kappa shape index (κ1) is 15.1. The highest BCUT2D eigenvalue weighted by Gasteiger charge is 2.38. The molecule has 3 nitrogen and oxygen atoms in total. The molecule has 0 unspecified atom stereocenters. The third kappa shape index (κ3) is 2.81. The van der Waals surface area contributed by atoms with E-state index in [1.165, 1.54) is 12.1 Å². The van der Waals surface area contributed by atoms with E-state index in [9.17, 15) is 13.9 Å². The minimum Gasteiger partial charge on any atom is -0.507 e. The number of aliphatic hydroxyl groups excluding tert-OH is 1. The molecule has 0 radical (unpaired) electrons. The average molecular weight is 254 g/mol. The van der Waals surface area contributed by atoms with E-state index < -0.39 is 18.6 Å². The number of aromatic hydroxyl groups is 1. The van der Waals surface area contributed by atoms with Crippen LogP contribution in [0.3, 0.4) is 0 Å². The van der Waals surface area contributed by atoms with Crippen molar-refractivity contribution in [3.8, 4) is 5.75 Å². The maximum atomic E-state index is 13.1. The molecule has 92 valence electrons. The first-order valence-electron chi connectivity index (χ1n) is 4.43. The van der Waals surface area contributed by atoms with Crippen molar-refractivity contribution in [3.63, 3.8) is 0 Å².